The summed E-state index contributed by atoms with van der Waals surface area (Å²) in [7, 11) is 0. The molecule has 0 atom stereocenters. The highest BCUT2D eigenvalue weighted by molar-refractivity contribution is 6.31. The lowest BCUT2D eigenvalue weighted by atomic mass is 10.1. The summed E-state index contributed by atoms with van der Waals surface area (Å²) >= 11 is 6.07. The van der Waals surface area contributed by atoms with Crippen LogP contribution in [0.3, 0.4) is 0 Å². The van der Waals surface area contributed by atoms with E-state index in [2.05, 4.69) is 4.98 Å². The molecule has 0 aliphatic carbocycles. The zero-order chi connectivity index (χ0) is 17.4. The molecule has 0 aliphatic rings. The maximum absolute atomic E-state index is 13.2. The Hall–Kier alpha value is -2.98. The van der Waals surface area contributed by atoms with Crippen LogP contribution >= 0.6 is 11.6 Å². The maximum Gasteiger partial charge on any atom is 0.267 e. The quantitative estimate of drug-likeness (QED) is 0.539. The number of fused-ring (bicyclic) bond motifs is 1. The summed E-state index contributed by atoms with van der Waals surface area (Å²) in [5.74, 6) is 1.08. The third-order valence-corrected chi connectivity index (χ3v) is 4.25. The van der Waals surface area contributed by atoms with Gasteiger partial charge in [0.15, 0.2) is 0 Å². The molecule has 0 aliphatic heterocycles. The molecule has 2 aromatic carbocycles. The SMILES string of the molecule is Cc1ccc(-c2nc3ccc(Cl)cc3c(=O)n2-c2ccccn2)cc1. The Kier molecular flexibility index (Phi) is 3.82. The Morgan fingerprint density at radius 1 is 1.00 bits per heavy atom. The highest BCUT2D eigenvalue weighted by Crippen LogP contribution is 2.23. The summed E-state index contributed by atoms with van der Waals surface area (Å²) in [6.45, 7) is 2.02. The van der Waals surface area contributed by atoms with Gasteiger partial charge in [-0.15, -0.1) is 0 Å². The predicted molar refractivity (Wildman–Crippen MR) is 100 cm³/mol. The number of halogens is 1. The number of nitrogens with zero attached hydrogens (tertiary/aromatic N) is 3. The van der Waals surface area contributed by atoms with E-state index in [4.69, 9.17) is 16.6 Å². The van der Waals surface area contributed by atoms with Crippen LogP contribution in [0.5, 0.6) is 0 Å². The van der Waals surface area contributed by atoms with Gasteiger partial charge in [0.1, 0.15) is 11.6 Å². The van der Waals surface area contributed by atoms with E-state index in [1.54, 1.807) is 30.5 Å². The number of aryl methyl sites for hydroxylation is 1. The van der Waals surface area contributed by atoms with Crippen LogP contribution in [0.25, 0.3) is 28.1 Å². The van der Waals surface area contributed by atoms with Gasteiger partial charge in [0, 0.05) is 16.8 Å². The summed E-state index contributed by atoms with van der Waals surface area (Å²) in [5, 5.41) is 0.969. The topological polar surface area (TPSA) is 47.8 Å². The fourth-order valence-electron chi connectivity index (χ4n) is 2.75. The fraction of sp³-hybridized carbons (Fsp3) is 0.0500. The summed E-state index contributed by atoms with van der Waals surface area (Å²) in [4.78, 5) is 22.2. The number of aromatic nitrogens is 3. The van der Waals surface area contributed by atoms with E-state index in [-0.39, 0.29) is 5.56 Å². The predicted octanol–water partition coefficient (Wildman–Crippen LogP) is 4.41. The second-order valence-corrected chi connectivity index (χ2v) is 6.23. The van der Waals surface area contributed by atoms with Gasteiger partial charge < -0.3 is 0 Å². The lowest BCUT2D eigenvalue weighted by molar-refractivity contribution is 0.932. The molecule has 4 nitrogen and oxygen atoms in total. The molecule has 0 unspecified atom stereocenters. The fourth-order valence-corrected chi connectivity index (χ4v) is 2.92. The first kappa shape index (κ1) is 15.5. The van der Waals surface area contributed by atoms with Gasteiger partial charge in [0.2, 0.25) is 0 Å². The summed E-state index contributed by atoms with van der Waals surface area (Å²) in [6, 6.07) is 18.5. The number of hydrogen-bond acceptors (Lipinski definition) is 3. The van der Waals surface area contributed by atoms with Crippen molar-refractivity contribution in [2.24, 2.45) is 0 Å². The Morgan fingerprint density at radius 3 is 2.52 bits per heavy atom. The second kappa shape index (κ2) is 6.15. The first-order valence-electron chi connectivity index (χ1n) is 7.84. The molecular weight excluding hydrogens is 334 g/mol. The summed E-state index contributed by atoms with van der Waals surface area (Å²) < 4.78 is 1.53. The van der Waals surface area contributed by atoms with E-state index < -0.39 is 0 Å². The lowest BCUT2D eigenvalue weighted by Gasteiger charge is -2.13. The van der Waals surface area contributed by atoms with Gasteiger partial charge in [-0.1, -0.05) is 47.5 Å². The van der Waals surface area contributed by atoms with Crippen LogP contribution in [0.2, 0.25) is 5.02 Å². The van der Waals surface area contributed by atoms with Gasteiger partial charge in [-0.25, -0.2) is 14.5 Å². The Balaban J connectivity index is 2.11. The number of pyridine rings is 1. The maximum atomic E-state index is 13.2. The smallest absolute Gasteiger partial charge is 0.267 e. The minimum atomic E-state index is -0.193. The number of hydrogen-bond donors (Lipinski definition) is 0. The summed E-state index contributed by atoms with van der Waals surface area (Å²) in [5.41, 5.74) is 2.41. The van der Waals surface area contributed by atoms with Crippen molar-refractivity contribution in [3.05, 3.63) is 87.8 Å². The van der Waals surface area contributed by atoms with E-state index in [1.165, 1.54) is 4.57 Å². The van der Waals surface area contributed by atoms with Gasteiger partial charge in [-0.3, -0.25) is 4.79 Å². The largest absolute Gasteiger partial charge is 0.268 e. The van der Waals surface area contributed by atoms with Crippen molar-refractivity contribution in [1.29, 1.82) is 0 Å². The molecule has 0 saturated heterocycles. The van der Waals surface area contributed by atoms with Crippen LogP contribution in [-0.2, 0) is 0 Å². The first-order valence-corrected chi connectivity index (χ1v) is 8.22. The third-order valence-electron chi connectivity index (χ3n) is 4.02. The van der Waals surface area contributed by atoms with Crippen molar-refractivity contribution in [3.63, 3.8) is 0 Å². The molecule has 0 saturated carbocycles. The van der Waals surface area contributed by atoms with Gasteiger partial charge in [0.05, 0.1) is 10.9 Å². The third kappa shape index (κ3) is 2.81. The summed E-state index contributed by atoms with van der Waals surface area (Å²) in [6.07, 6.45) is 1.66. The van der Waals surface area contributed by atoms with E-state index >= 15 is 0 Å². The van der Waals surface area contributed by atoms with Crippen LogP contribution in [0, 0.1) is 6.92 Å². The normalized spacial score (nSPS) is 11.0. The average molecular weight is 348 g/mol. The standard InChI is InChI=1S/C20H14ClN3O/c1-13-5-7-14(8-6-13)19-23-17-10-9-15(21)12-16(17)20(25)24(19)18-4-2-3-11-22-18/h2-12H,1H3. The van der Waals surface area contributed by atoms with Gasteiger partial charge in [-0.2, -0.15) is 0 Å². The number of rotatable bonds is 2. The van der Waals surface area contributed by atoms with Crippen LogP contribution in [0.15, 0.2) is 71.7 Å². The van der Waals surface area contributed by atoms with E-state index in [0.29, 0.717) is 27.6 Å². The molecule has 2 heterocycles. The monoisotopic (exact) mass is 347 g/mol. The first-order chi connectivity index (χ1) is 12.1. The van der Waals surface area contributed by atoms with Crippen molar-refractivity contribution in [2.75, 3.05) is 0 Å². The average Bonchev–Trinajstić information content (AvgIpc) is 2.63. The molecule has 0 spiro atoms. The highest BCUT2D eigenvalue weighted by Gasteiger charge is 2.15. The van der Waals surface area contributed by atoms with Crippen molar-refractivity contribution >= 4 is 22.5 Å². The van der Waals surface area contributed by atoms with E-state index in [0.717, 1.165) is 11.1 Å². The molecule has 4 rings (SSSR count). The highest BCUT2D eigenvalue weighted by atomic mass is 35.5. The molecule has 2 aromatic heterocycles. The van der Waals surface area contributed by atoms with Crippen molar-refractivity contribution in [2.45, 2.75) is 6.92 Å². The molecule has 0 N–H and O–H groups in total. The van der Waals surface area contributed by atoms with Gasteiger partial charge >= 0.3 is 0 Å². The van der Waals surface area contributed by atoms with E-state index in [9.17, 15) is 4.79 Å². The van der Waals surface area contributed by atoms with Crippen LogP contribution in [0.1, 0.15) is 5.56 Å². The van der Waals surface area contributed by atoms with Crippen molar-refractivity contribution < 1.29 is 0 Å². The molecule has 4 aromatic rings. The zero-order valence-electron chi connectivity index (χ0n) is 13.5. The van der Waals surface area contributed by atoms with E-state index in [1.807, 2.05) is 43.3 Å². The lowest BCUT2D eigenvalue weighted by Crippen LogP contribution is -2.22. The Bertz CT molecular complexity index is 1120. The van der Waals surface area contributed by atoms with Crippen LogP contribution < -0.4 is 5.56 Å². The zero-order valence-corrected chi connectivity index (χ0v) is 14.2. The molecule has 5 heteroatoms. The van der Waals surface area contributed by atoms with Crippen molar-refractivity contribution in [3.8, 4) is 17.2 Å². The minimum absolute atomic E-state index is 0.193. The number of benzene rings is 2. The van der Waals surface area contributed by atoms with Gasteiger partial charge in [0.25, 0.3) is 5.56 Å². The molecule has 0 fully saturated rings. The second-order valence-electron chi connectivity index (χ2n) is 5.79. The molecule has 0 amide bonds. The van der Waals surface area contributed by atoms with Crippen molar-refractivity contribution in [1.82, 2.24) is 14.5 Å². The molecule has 0 radical (unpaired) electrons. The Labute approximate surface area is 149 Å². The van der Waals surface area contributed by atoms with Crippen LogP contribution in [-0.4, -0.2) is 14.5 Å². The van der Waals surface area contributed by atoms with Gasteiger partial charge in [-0.05, 0) is 37.3 Å². The molecule has 0 bridgehead atoms. The van der Waals surface area contributed by atoms with Crippen LogP contribution in [0.4, 0.5) is 0 Å². The molecule has 122 valence electrons. The molecular formula is C20H14ClN3O. The Morgan fingerprint density at radius 2 is 1.80 bits per heavy atom. The minimum Gasteiger partial charge on any atom is -0.268 e. The molecule has 25 heavy (non-hydrogen) atoms.